The highest BCUT2D eigenvalue weighted by Crippen LogP contribution is 2.45. The summed E-state index contributed by atoms with van der Waals surface area (Å²) in [4.78, 5) is 10.1. The summed E-state index contributed by atoms with van der Waals surface area (Å²) >= 11 is 1.40. The first kappa shape index (κ1) is 17.1. The molecule has 5 nitrogen and oxygen atoms in total. The Balaban J connectivity index is 1.67. The van der Waals surface area contributed by atoms with Gasteiger partial charge < -0.3 is 0 Å². The molecular weight excluding hydrogens is 354 g/mol. The molecule has 2 aromatic rings. The molecule has 1 unspecified atom stereocenters. The first-order valence-electron chi connectivity index (χ1n) is 8.86. The van der Waals surface area contributed by atoms with Crippen LogP contribution in [-0.2, 0) is 28.3 Å². The number of thiophene rings is 1. The normalized spacial score (nSPS) is 23.9. The lowest BCUT2D eigenvalue weighted by Crippen LogP contribution is -2.47. The zero-order valence-corrected chi connectivity index (χ0v) is 16.3. The van der Waals surface area contributed by atoms with Crippen LogP contribution in [0.2, 0.25) is 0 Å². The van der Waals surface area contributed by atoms with Gasteiger partial charge in [0.05, 0.1) is 5.69 Å². The van der Waals surface area contributed by atoms with Gasteiger partial charge in [-0.2, -0.15) is 4.31 Å². The van der Waals surface area contributed by atoms with Crippen LogP contribution < -0.4 is 0 Å². The smallest absolute Gasteiger partial charge is 0.241 e. The molecule has 25 heavy (non-hydrogen) atoms. The summed E-state index contributed by atoms with van der Waals surface area (Å²) in [7, 11) is -3.42. The maximum absolute atomic E-state index is 13.1. The molecule has 1 fully saturated rings. The Kier molecular flexibility index (Phi) is 4.21. The van der Waals surface area contributed by atoms with E-state index in [2.05, 4.69) is 11.9 Å². The van der Waals surface area contributed by atoms with Crippen LogP contribution in [0.15, 0.2) is 22.5 Å². The van der Waals surface area contributed by atoms with E-state index in [0.29, 0.717) is 17.3 Å². The third-order valence-corrected chi connectivity index (χ3v) is 9.02. The summed E-state index contributed by atoms with van der Waals surface area (Å²) in [6, 6.07) is 3.69. The quantitative estimate of drug-likeness (QED) is 0.825. The molecule has 7 heteroatoms. The lowest BCUT2D eigenvalue weighted by atomic mass is 9.78. The number of hydrogen-bond acceptors (Lipinski definition) is 5. The summed E-state index contributed by atoms with van der Waals surface area (Å²) in [5, 5.41) is 0. The number of piperidine rings is 1. The van der Waals surface area contributed by atoms with Crippen LogP contribution in [0.4, 0.5) is 0 Å². The second-order valence-corrected chi connectivity index (χ2v) is 10.4. The van der Waals surface area contributed by atoms with Crippen molar-refractivity contribution in [3.63, 3.8) is 0 Å². The predicted octanol–water partition coefficient (Wildman–Crippen LogP) is 3.08. The average Bonchev–Trinajstić information content (AvgIpc) is 3.22. The van der Waals surface area contributed by atoms with Gasteiger partial charge in [-0.3, -0.25) is 0 Å². The van der Waals surface area contributed by atoms with Crippen LogP contribution >= 0.6 is 11.3 Å². The average molecular weight is 378 g/mol. The van der Waals surface area contributed by atoms with Crippen molar-refractivity contribution >= 4 is 21.4 Å². The number of nitrogens with zero attached hydrogens (tertiary/aromatic N) is 3. The van der Waals surface area contributed by atoms with E-state index in [9.17, 15) is 8.42 Å². The zero-order valence-electron chi connectivity index (χ0n) is 14.7. The van der Waals surface area contributed by atoms with E-state index in [1.807, 2.05) is 19.2 Å². The van der Waals surface area contributed by atoms with Gasteiger partial charge >= 0.3 is 0 Å². The third kappa shape index (κ3) is 2.82. The van der Waals surface area contributed by atoms with Crippen molar-refractivity contribution in [1.29, 1.82) is 0 Å². The Morgan fingerprint density at radius 2 is 2.16 bits per heavy atom. The van der Waals surface area contributed by atoms with Crippen LogP contribution in [0.1, 0.15) is 48.1 Å². The number of aromatic nitrogens is 2. The molecule has 0 bridgehead atoms. The summed E-state index contributed by atoms with van der Waals surface area (Å²) in [5.74, 6) is 0.769. The SMILES string of the molecule is CCc1ccc(S(=O)(=O)N2CCCC3(CCc4cnc(C)nc43)C2)s1. The van der Waals surface area contributed by atoms with E-state index in [0.717, 1.165) is 48.5 Å². The number of rotatable bonds is 3. The lowest BCUT2D eigenvalue weighted by molar-refractivity contribution is 0.219. The number of aryl methyl sites for hydroxylation is 3. The molecule has 2 aromatic heterocycles. The number of fused-ring (bicyclic) bond motifs is 2. The Morgan fingerprint density at radius 1 is 1.32 bits per heavy atom. The molecule has 1 atom stereocenters. The van der Waals surface area contributed by atoms with Gasteiger partial charge in [0, 0.05) is 29.6 Å². The zero-order chi connectivity index (χ0) is 17.7. The topological polar surface area (TPSA) is 63.2 Å². The van der Waals surface area contributed by atoms with Gasteiger partial charge in [-0.25, -0.2) is 18.4 Å². The molecule has 1 spiro atoms. The molecule has 2 aliphatic rings. The molecule has 0 amide bonds. The van der Waals surface area contributed by atoms with Gasteiger partial charge in [-0.15, -0.1) is 11.3 Å². The standard InChI is InChI=1S/C18H23N3O2S2/c1-3-15-5-6-16(24-15)25(22,23)21-10-4-8-18(12-21)9-7-14-11-19-13(2)20-17(14)18/h5-6,11H,3-4,7-10,12H2,1-2H3. The Bertz CT molecular complexity index is 903. The van der Waals surface area contributed by atoms with E-state index in [4.69, 9.17) is 4.98 Å². The summed E-state index contributed by atoms with van der Waals surface area (Å²) < 4.78 is 28.4. The highest BCUT2D eigenvalue weighted by molar-refractivity contribution is 7.91. The van der Waals surface area contributed by atoms with Crippen molar-refractivity contribution in [1.82, 2.24) is 14.3 Å². The maximum atomic E-state index is 13.1. The summed E-state index contributed by atoms with van der Waals surface area (Å²) in [6.07, 6.45) is 6.60. The minimum atomic E-state index is -3.42. The van der Waals surface area contributed by atoms with E-state index < -0.39 is 10.0 Å². The maximum Gasteiger partial charge on any atom is 0.252 e. The summed E-state index contributed by atoms with van der Waals surface area (Å²) in [5.41, 5.74) is 2.13. The first-order valence-corrected chi connectivity index (χ1v) is 11.1. The van der Waals surface area contributed by atoms with Gasteiger partial charge in [-0.1, -0.05) is 6.92 Å². The summed E-state index contributed by atoms with van der Waals surface area (Å²) in [6.45, 7) is 5.10. The van der Waals surface area contributed by atoms with Crippen LogP contribution in [0.25, 0.3) is 0 Å². The fourth-order valence-electron chi connectivity index (χ4n) is 4.14. The fourth-order valence-corrected chi connectivity index (χ4v) is 7.15. The molecule has 1 aliphatic carbocycles. The molecule has 1 saturated heterocycles. The molecule has 3 heterocycles. The largest absolute Gasteiger partial charge is 0.252 e. The van der Waals surface area contributed by atoms with Crippen LogP contribution in [-0.4, -0.2) is 35.8 Å². The molecule has 1 aliphatic heterocycles. The molecular formula is C18H23N3O2S2. The monoisotopic (exact) mass is 377 g/mol. The second-order valence-electron chi connectivity index (χ2n) is 7.09. The van der Waals surface area contributed by atoms with E-state index in [-0.39, 0.29) is 5.41 Å². The molecule has 0 N–H and O–H groups in total. The van der Waals surface area contributed by atoms with E-state index in [1.165, 1.54) is 16.9 Å². The Hall–Kier alpha value is -1.31. The molecule has 0 radical (unpaired) electrons. The fraction of sp³-hybridized carbons (Fsp3) is 0.556. The van der Waals surface area contributed by atoms with Crippen molar-refractivity contribution in [2.24, 2.45) is 0 Å². The van der Waals surface area contributed by atoms with Crippen molar-refractivity contribution in [3.05, 3.63) is 40.3 Å². The van der Waals surface area contributed by atoms with Gasteiger partial charge in [0.2, 0.25) is 0 Å². The third-order valence-electron chi connectivity index (χ3n) is 5.48. The van der Waals surface area contributed by atoms with Crippen LogP contribution in [0.3, 0.4) is 0 Å². The number of hydrogen-bond donors (Lipinski definition) is 0. The number of sulfonamides is 1. The molecule has 4 rings (SSSR count). The van der Waals surface area contributed by atoms with Crippen LogP contribution in [0.5, 0.6) is 0 Å². The van der Waals surface area contributed by atoms with Crippen molar-refractivity contribution in [2.75, 3.05) is 13.1 Å². The van der Waals surface area contributed by atoms with Gasteiger partial charge in [0.25, 0.3) is 10.0 Å². The van der Waals surface area contributed by atoms with E-state index in [1.54, 1.807) is 10.4 Å². The van der Waals surface area contributed by atoms with Crippen LogP contribution in [0, 0.1) is 6.92 Å². The van der Waals surface area contributed by atoms with Crippen molar-refractivity contribution < 1.29 is 8.42 Å². The Morgan fingerprint density at radius 3 is 2.92 bits per heavy atom. The second kappa shape index (κ2) is 6.14. The highest BCUT2D eigenvalue weighted by atomic mass is 32.2. The minimum absolute atomic E-state index is 0.140. The van der Waals surface area contributed by atoms with Gasteiger partial charge in [0.15, 0.2) is 0 Å². The molecule has 0 aromatic carbocycles. The lowest BCUT2D eigenvalue weighted by Gasteiger charge is -2.39. The molecule has 134 valence electrons. The van der Waals surface area contributed by atoms with E-state index >= 15 is 0 Å². The highest BCUT2D eigenvalue weighted by Gasteiger charge is 2.46. The minimum Gasteiger partial charge on any atom is -0.241 e. The predicted molar refractivity (Wildman–Crippen MR) is 98.5 cm³/mol. The van der Waals surface area contributed by atoms with Crippen molar-refractivity contribution in [2.45, 2.75) is 55.6 Å². The van der Waals surface area contributed by atoms with Gasteiger partial charge in [-0.05, 0) is 56.7 Å². The molecule has 0 saturated carbocycles. The first-order chi connectivity index (χ1) is 11.9. The van der Waals surface area contributed by atoms with Gasteiger partial charge in [0.1, 0.15) is 10.0 Å². The Labute approximate surface area is 153 Å². The van der Waals surface area contributed by atoms with Crippen molar-refractivity contribution in [3.8, 4) is 0 Å².